The van der Waals surface area contributed by atoms with Crippen molar-refractivity contribution in [3.8, 4) is 0 Å². The maximum Gasteiger partial charge on any atom is 0.239 e. The minimum atomic E-state index is -0.582. The Kier molecular flexibility index (Phi) is 2.73. The van der Waals surface area contributed by atoms with E-state index >= 15 is 0 Å². The maximum atomic E-state index is 11.4. The van der Waals surface area contributed by atoms with E-state index < -0.39 is 5.54 Å². The zero-order valence-electron chi connectivity index (χ0n) is 7.89. The van der Waals surface area contributed by atoms with Crippen LogP contribution in [0, 0.1) is 5.92 Å². The summed E-state index contributed by atoms with van der Waals surface area (Å²) in [6.07, 6.45) is 3.80. The van der Waals surface area contributed by atoms with Gasteiger partial charge in [0.2, 0.25) is 5.91 Å². The molecule has 12 heavy (non-hydrogen) atoms. The van der Waals surface area contributed by atoms with Gasteiger partial charge in [0.25, 0.3) is 0 Å². The fourth-order valence-corrected chi connectivity index (χ4v) is 1.75. The molecule has 3 heteroatoms. The molecule has 0 heterocycles. The summed E-state index contributed by atoms with van der Waals surface area (Å²) in [5.41, 5.74) is 5.38. The molecule has 0 aromatic carbocycles. The normalized spacial score (nSPS) is 36.1. The number of likely N-dealkylation sites (N-methyl/N-ethyl adjacent to an activating group) is 1. The Morgan fingerprint density at radius 1 is 1.50 bits per heavy atom. The van der Waals surface area contributed by atoms with E-state index in [0.29, 0.717) is 0 Å². The molecule has 3 N–H and O–H groups in total. The summed E-state index contributed by atoms with van der Waals surface area (Å²) in [5.74, 6) is 0.723. The van der Waals surface area contributed by atoms with Crippen molar-refractivity contribution >= 4 is 5.91 Å². The van der Waals surface area contributed by atoms with Gasteiger partial charge in [-0.25, -0.2) is 0 Å². The first-order chi connectivity index (χ1) is 5.58. The Bertz CT molecular complexity index is 171. The molecule has 0 spiro atoms. The molecular formula is C9H18N2O. The average molecular weight is 170 g/mol. The number of carbonyl (C=O) groups excluding carboxylic acids is 1. The third-order valence-corrected chi connectivity index (χ3v) is 2.85. The van der Waals surface area contributed by atoms with Gasteiger partial charge in [-0.05, 0) is 31.6 Å². The SMILES string of the molecule is CNC(=O)C1(N)CCC(C)CC1. The summed E-state index contributed by atoms with van der Waals surface area (Å²) >= 11 is 0. The third kappa shape index (κ3) is 1.78. The van der Waals surface area contributed by atoms with E-state index in [0.717, 1.165) is 31.6 Å². The fourth-order valence-electron chi connectivity index (χ4n) is 1.75. The van der Waals surface area contributed by atoms with Crippen LogP contribution >= 0.6 is 0 Å². The number of nitrogens with two attached hydrogens (primary N) is 1. The van der Waals surface area contributed by atoms with Crippen LogP contribution in [0.2, 0.25) is 0 Å². The van der Waals surface area contributed by atoms with Crippen molar-refractivity contribution in [3.63, 3.8) is 0 Å². The Morgan fingerprint density at radius 2 is 2.00 bits per heavy atom. The summed E-state index contributed by atoms with van der Waals surface area (Å²) < 4.78 is 0. The molecule has 0 bridgehead atoms. The second-order valence-corrected chi connectivity index (χ2v) is 3.92. The highest BCUT2D eigenvalue weighted by molar-refractivity contribution is 5.85. The van der Waals surface area contributed by atoms with Gasteiger partial charge in [0.15, 0.2) is 0 Å². The van der Waals surface area contributed by atoms with Crippen LogP contribution in [0.25, 0.3) is 0 Å². The standard InChI is InChI=1S/C9H18N2O/c1-7-3-5-9(10,6-4-7)8(12)11-2/h7H,3-6,10H2,1-2H3,(H,11,12). The summed E-state index contributed by atoms with van der Waals surface area (Å²) in [7, 11) is 1.65. The highest BCUT2D eigenvalue weighted by atomic mass is 16.2. The summed E-state index contributed by atoms with van der Waals surface area (Å²) in [5, 5.41) is 2.63. The van der Waals surface area contributed by atoms with Gasteiger partial charge < -0.3 is 11.1 Å². The van der Waals surface area contributed by atoms with Crippen molar-refractivity contribution in [1.82, 2.24) is 5.32 Å². The highest BCUT2D eigenvalue weighted by Crippen LogP contribution is 2.29. The van der Waals surface area contributed by atoms with Gasteiger partial charge >= 0.3 is 0 Å². The van der Waals surface area contributed by atoms with E-state index in [9.17, 15) is 4.79 Å². The number of carbonyl (C=O) groups is 1. The lowest BCUT2D eigenvalue weighted by Crippen LogP contribution is -2.54. The van der Waals surface area contributed by atoms with Crippen LogP contribution in [0.5, 0.6) is 0 Å². The molecule has 1 aliphatic rings. The van der Waals surface area contributed by atoms with E-state index in [1.165, 1.54) is 0 Å². The number of rotatable bonds is 1. The Morgan fingerprint density at radius 3 is 2.42 bits per heavy atom. The van der Waals surface area contributed by atoms with Crippen LogP contribution in [-0.4, -0.2) is 18.5 Å². The molecule has 70 valence electrons. The predicted octanol–water partition coefficient (Wildman–Crippen LogP) is 0.640. The first-order valence-electron chi connectivity index (χ1n) is 4.59. The molecule has 1 rings (SSSR count). The Labute approximate surface area is 73.7 Å². The monoisotopic (exact) mass is 170 g/mol. The summed E-state index contributed by atoms with van der Waals surface area (Å²) in [6.45, 7) is 2.21. The molecule has 1 saturated carbocycles. The van der Waals surface area contributed by atoms with E-state index in [2.05, 4.69) is 12.2 Å². The topological polar surface area (TPSA) is 55.1 Å². The van der Waals surface area contributed by atoms with Crippen LogP contribution in [-0.2, 0) is 4.79 Å². The molecule has 0 aromatic heterocycles. The smallest absolute Gasteiger partial charge is 0.239 e. The maximum absolute atomic E-state index is 11.4. The second kappa shape index (κ2) is 3.44. The van der Waals surface area contributed by atoms with Crippen molar-refractivity contribution in [2.24, 2.45) is 11.7 Å². The average Bonchev–Trinajstić information content (AvgIpc) is 2.09. The van der Waals surface area contributed by atoms with Crippen molar-refractivity contribution in [1.29, 1.82) is 0 Å². The molecule has 0 aromatic rings. The molecule has 1 fully saturated rings. The Hall–Kier alpha value is -0.570. The van der Waals surface area contributed by atoms with Gasteiger partial charge in [0.05, 0.1) is 5.54 Å². The largest absolute Gasteiger partial charge is 0.358 e. The molecule has 0 atom stereocenters. The van der Waals surface area contributed by atoms with Crippen molar-refractivity contribution in [2.75, 3.05) is 7.05 Å². The molecule has 0 aliphatic heterocycles. The van der Waals surface area contributed by atoms with E-state index in [-0.39, 0.29) is 5.91 Å². The molecule has 1 aliphatic carbocycles. The second-order valence-electron chi connectivity index (χ2n) is 3.92. The first-order valence-corrected chi connectivity index (χ1v) is 4.59. The van der Waals surface area contributed by atoms with Gasteiger partial charge in [-0.1, -0.05) is 6.92 Å². The van der Waals surface area contributed by atoms with Crippen LogP contribution in [0.1, 0.15) is 32.6 Å². The van der Waals surface area contributed by atoms with Crippen LogP contribution in [0.4, 0.5) is 0 Å². The number of hydrogen-bond donors (Lipinski definition) is 2. The number of hydrogen-bond acceptors (Lipinski definition) is 2. The molecule has 3 nitrogen and oxygen atoms in total. The number of nitrogens with one attached hydrogen (secondary N) is 1. The van der Waals surface area contributed by atoms with E-state index in [4.69, 9.17) is 5.73 Å². The van der Waals surface area contributed by atoms with Gasteiger partial charge in [-0.15, -0.1) is 0 Å². The lowest BCUT2D eigenvalue weighted by molar-refractivity contribution is -0.127. The summed E-state index contributed by atoms with van der Waals surface area (Å²) in [4.78, 5) is 11.4. The van der Waals surface area contributed by atoms with Gasteiger partial charge in [0.1, 0.15) is 0 Å². The van der Waals surface area contributed by atoms with Gasteiger partial charge in [0, 0.05) is 7.05 Å². The van der Waals surface area contributed by atoms with Gasteiger partial charge in [-0.2, -0.15) is 0 Å². The molecule has 1 amide bonds. The quantitative estimate of drug-likeness (QED) is 0.606. The highest BCUT2D eigenvalue weighted by Gasteiger charge is 2.36. The minimum Gasteiger partial charge on any atom is -0.358 e. The van der Waals surface area contributed by atoms with Gasteiger partial charge in [-0.3, -0.25) is 4.79 Å². The van der Waals surface area contributed by atoms with Crippen LogP contribution in [0.15, 0.2) is 0 Å². The van der Waals surface area contributed by atoms with Crippen LogP contribution in [0.3, 0.4) is 0 Å². The Balaban J connectivity index is 2.55. The van der Waals surface area contributed by atoms with E-state index in [1.807, 2.05) is 0 Å². The minimum absolute atomic E-state index is 0.00519. The molecule has 0 radical (unpaired) electrons. The van der Waals surface area contributed by atoms with Crippen molar-refractivity contribution in [2.45, 2.75) is 38.1 Å². The third-order valence-electron chi connectivity index (χ3n) is 2.85. The molecule has 0 unspecified atom stereocenters. The zero-order chi connectivity index (χ0) is 9.19. The first kappa shape index (κ1) is 9.52. The number of amides is 1. The van der Waals surface area contributed by atoms with E-state index in [1.54, 1.807) is 7.05 Å². The van der Waals surface area contributed by atoms with Crippen molar-refractivity contribution in [3.05, 3.63) is 0 Å². The zero-order valence-corrected chi connectivity index (χ0v) is 7.89. The lowest BCUT2D eigenvalue weighted by atomic mass is 9.77. The predicted molar refractivity (Wildman–Crippen MR) is 48.6 cm³/mol. The lowest BCUT2D eigenvalue weighted by Gasteiger charge is -2.34. The molecular weight excluding hydrogens is 152 g/mol. The summed E-state index contributed by atoms with van der Waals surface area (Å²) in [6, 6.07) is 0. The molecule has 0 saturated heterocycles. The van der Waals surface area contributed by atoms with Crippen molar-refractivity contribution < 1.29 is 4.79 Å². The fraction of sp³-hybridized carbons (Fsp3) is 0.889. The van der Waals surface area contributed by atoms with Crippen LogP contribution < -0.4 is 11.1 Å².